The van der Waals surface area contributed by atoms with Crippen LogP contribution in [0.4, 0.5) is 21.8 Å². The molecular formula is C18H19FN6O. The number of carbonyl (C=O) groups excluding carboxylic acids is 1. The van der Waals surface area contributed by atoms with Gasteiger partial charge in [0.05, 0.1) is 12.3 Å². The van der Waals surface area contributed by atoms with Crippen molar-refractivity contribution in [2.75, 3.05) is 23.7 Å². The lowest BCUT2D eigenvalue weighted by Crippen LogP contribution is -2.45. The van der Waals surface area contributed by atoms with E-state index in [1.165, 1.54) is 0 Å². The van der Waals surface area contributed by atoms with E-state index in [9.17, 15) is 9.18 Å². The van der Waals surface area contributed by atoms with E-state index in [-0.39, 0.29) is 30.1 Å². The number of hydrogen-bond donors (Lipinski definition) is 2. The van der Waals surface area contributed by atoms with E-state index in [4.69, 9.17) is 5.26 Å². The molecule has 8 heteroatoms. The third kappa shape index (κ3) is 4.45. The van der Waals surface area contributed by atoms with Crippen LogP contribution in [0.2, 0.25) is 0 Å². The number of aromatic nitrogens is 2. The molecule has 2 heterocycles. The maximum absolute atomic E-state index is 14.1. The Bertz CT molecular complexity index is 807. The van der Waals surface area contributed by atoms with Crippen LogP contribution in [0.25, 0.3) is 0 Å². The monoisotopic (exact) mass is 354 g/mol. The Morgan fingerprint density at radius 1 is 1.38 bits per heavy atom. The zero-order valence-electron chi connectivity index (χ0n) is 14.2. The SMILES string of the molecule is N#CCC(=O)N1CCCC(Nc2nc(Nc3ccccc3)ncc2F)C1. The number of para-hydroxylation sites is 1. The molecule has 1 aliphatic heterocycles. The molecule has 0 saturated carbocycles. The van der Waals surface area contributed by atoms with Crippen LogP contribution in [-0.4, -0.2) is 39.9 Å². The van der Waals surface area contributed by atoms with E-state index in [0.717, 1.165) is 24.7 Å². The first-order valence-corrected chi connectivity index (χ1v) is 8.41. The number of halogens is 1. The third-order valence-electron chi connectivity index (χ3n) is 4.12. The fourth-order valence-electron chi connectivity index (χ4n) is 2.87. The lowest BCUT2D eigenvalue weighted by molar-refractivity contribution is -0.131. The number of anilines is 3. The molecule has 0 spiro atoms. The van der Waals surface area contributed by atoms with Crippen LogP contribution in [0.5, 0.6) is 0 Å². The van der Waals surface area contributed by atoms with Crippen LogP contribution in [-0.2, 0) is 4.79 Å². The molecule has 1 amide bonds. The molecule has 0 aliphatic carbocycles. The van der Waals surface area contributed by atoms with E-state index in [1.54, 1.807) is 4.90 Å². The van der Waals surface area contributed by atoms with E-state index in [0.29, 0.717) is 13.1 Å². The Labute approximate surface area is 150 Å². The Morgan fingerprint density at radius 3 is 2.96 bits per heavy atom. The maximum atomic E-state index is 14.1. The summed E-state index contributed by atoms with van der Waals surface area (Å²) in [5.74, 6) is -0.371. The van der Waals surface area contributed by atoms with Gasteiger partial charge >= 0.3 is 0 Å². The second-order valence-corrected chi connectivity index (χ2v) is 6.04. The fourth-order valence-corrected chi connectivity index (χ4v) is 2.87. The molecule has 3 rings (SSSR count). The summed E-state index contributed by atoms with van der Waals surface area (Å²) in [7, 11) is 0. The van der Waals surface area contributed by atoms with E-state index < -0.39 is 5.82 Å². The van der Waals surface area contributed by atoms with E-state index in [2.05, 4.69) is 20.6 Å². The normalized spacial score (nSPS) is 16.6. The number of nitrogens with one attached hydrogen (secondary N) is 2. The lowest BCUT2D eigenvalue weighted by atomic mass is 10.1. The van der Waals surface area contributed by atoms with Crippen molar-refractivity contribution in [3.8, 4) is 6.07 Å². The molecule has 1 unspecified atom stereocenters. The van der Waals surface area contributed by atoms with Crippen molar-refractivity contribution in [1.82, 2.24) is 14.9 Å². The predicted molar refractivity (Wildman–Crippen MR) is 95.2 cm³/mol. The molecular weight excluding hydrogens is 335 g/mol. The van der Waals surface area contributed by atoms with Crippen molar-refractivity contribution in [2.45, 2.75) is 25.3 Å². The highest BCUT2D eigenvalue weighted by molar-refractivity contribution is 5.78. The van der Waals surface area contributed by atoms with Gasteiger partial charge in [0.15, 0.2) is 11.6 Å². The standard InChI is InChI=1S/C18H19FN6O/c19-15-11-21-18(23-13-5-2-1-3-6-13)24-17(15)22-14-7-4-10-25(12-14)16(26)8-9-20/h1-3,5-6,11,14H,4,7-8,10,12H2,(H2,21,22,23,24). The van der Waals surface area contributed by atoms with Crippen molar-refractivity contribution >= 4 is 23.4 Å². The average molecular weight is 354 g/mol. The number of piperidine rings is 1. The summed E-state index contributed by atoms with van der Waals surface area (Å²) in [5.41, 5.74) is 0.802. The van der Waals surface area contributed by atoms with E-state index >= 15 is 0 Å². The highest BCUT2D eigenvalue weighted by Crippen LogP contribution is 2.20. The Hall–Kier alpha value is -3.21. The zero-order valence-corrected chi connectivity index (χ0v) is 14.2. The fraction of sp³-hybridized carbons (Fsp3) is 0.333. The van der Waals surface area contributed by atoms with Crippen molar-refractivity contribution in [3.63, 3.8) is 0 Å². The summed E-state index contributed by atoms with van der Waals surface area (Å²) in [5, 5.41) is 14.8. The number of carbonyl (C=O) groups is 1. The molecule has 7 nitrogen and oxygen atoms in total. The minimum Gasteiger partial charge on any atom is -0.363 e. The first kappa shape index (κ1) is 17.6. The first-order chi connectivity index (χ1) is 12.7. The number of nitriles is 1. The summed E-state index contributed by atoms with van der Waals surface area (Å²) in [6.07, 6.45) is 2.56. The number of rotatable bonds is 5. The van der Waals surface area contributed by atoms with Gasteiger partial charge in [0.2, 0.25) is 11.9 Å². The highest BCUT2D eigenvalue weighted by atomic mass is 19.1. The number of benzene rings is 1. The van der Waals surface area contributed by atoms with Gasteiger partial charge in [-0.3, -0.25) is 4.79 Å². The van der Waals surface area contributed by atoms with Gasteiger partial charge in [-0.05, 0) is 25.0 Å². The Kier molecular flexibility index (Phi) is 5.59. The van der Waals surface area contributed by atoms with Crippen LogP contribution in [0.15, 0.2) is 36.5 Å². The summed E-state index contributed by atoms with van der Waals surface area (Å²) in [4.78, 5) is 21.7. The molecule has 0 radical (unpaired) electrons. The molecule has 2 N–H and O–H groups in total. The van der Waals surface area contributed by atoms with Gasteiger partial charge in [0, 0.05) is 24.8 Å². The molecule has 1 saturated heterocycles. The van der Waals surface area contributed by atoms with Gasteiger partial charge in [-0.15, -0.1) is 0 Å². The number of hydrogen-bond acceptors (Lipinski definition) is 6. The number of likely N-dealkylation sites (tertiary alicyclic amines) is 1. The molecule has 1 aromatic carbocycles. The topological polar surface area (TPSA) is 93.9 Å². The van der Waals surface area contributed by atoms with Crippen molar-refractivity contribution in [1.29, 1.82) is 5.26 Å². The highest BCUT2D eigenvalue weighted by Gasteiger charge is 2.24. The van der Waals surface area contributed by atoms with Crippen LogP contribution >= 0.6 is 0 Å². The quantitative estimate of drug-likeness (QED) is 0.857. The molecule has 26 heavy (non-hydrogen) atoms. The van der Waals surface area contributed by atoms with Gasteiger partial charge in [-0.1, -0.05) is 18.2 Å². The molecule has 1 aliphatic rings. The molecule has 0 bridgehead atoms. The number of amides is 1. The van der Waals surface area contributed by atoms with Crippen molar-refractivity contribution < 1.29 is 9.18 Å². The van der Waals surface area contributed by atoms with Gasteiger partial charge < -0.3 is 15.5 Å². The largest absolute Gasteiger partial charge is 0.363 e. The van der Waals surface area contributed by atoms with Crippen LogP contribution in [0.3, 0.4) is 0 Å². The van der Waals surface area contributed by atoms with Gasteiger partial charge in [0.25, 0.3) is 0 Å². The minimum atomic E-state index is -0.552. The van der Waals surface area contributed by atoms with Crippen molar-refractivity contribution in [2.24, 2.45) is 0 Å². The second kappa shape index (κ2) is 8.25. The number of nitrogens with zero attached hydrogens (tertiary/aromatic N) is 4. The Morgan fingerprint density at radius 2 is 2.19 bits per heavy atom. The van der Waals surface area contributed by atoms with E-state index in [1.807, 2.05) is 36.4 Å². The predicted octanol–water partition coefficient (Wildman–Crippen LogP) is 2.68. The lowest BCUT2D eigenvalue weighted by Gasteiger charge is -2.33. The molecule has 1 atom stereocenters. The maximum Gasteiger partial charge on any atom is 0.236 e. The Balaban J connectivity index is 1.68. The summed E-state index contributed by atoms with van der Waals surface area (Å²) >= 11 is 0. The molecule has 134 valence electrons. The zero-order chi connectivity index (χ0) is 18.4. The summed E-state index contributed by atoms with van der Waals surface area (Å²) < 4.78 is 14.1. The van der Waals surface area contributed by atoms with Crippen LogP contribution < -0.4 is 10.6 Å². The third-order valence-corrected chi connectivity index (χ3v) is 4.12. The molecule has 1 fully saturated rings. The summed E-state index contributed by atoms with van der Waals surface area (Å²) in [6, 6.07) is 11.1. The molecule has 1 aromatic heterocycles. The van der Waals surface area contributed by atoms with Crippen molar-refractivity contribution in [3.05, 3.63) is 42.3 Å². The second-order valence-electron chi connectivity index (χ2n) is 6.04. The van der Waals surface area contributed by atoms with Gasteiger partial charge in [0.1, 0.15) is 6.42 Å². The van der Waals surface area contributed by atoms with Gasteiger partial charge in [-0.2, -0.15) is 10.2 Å². The van der Waals surface area contributed by atoms with Crippen LogP contribution in [0.1, 0.15) is 19.3 Å². The summed E-state index contributed by atoms with van der Waals surface area (Å²) in [6.45, 7) is 1.04. The average Bonchev–Trinajstić information content (AvgIpc) is 2.66. The van der Waals surface area contributed by atoms with Gasteiger partial charge in [-0.25, -0.2) is 9.37 Å². The first-order valence-electron chi connectivity index (χ1n) is 8.41. The van der Waals surface area contributed by atoms with Crippen LogP contribution in [0, 0.1) is 17.1 Å². The smallest absolute Gasteiger partial charge is 0.236 e. The molecule has 2 aromatic rings. The minimum absolute atomic E-state index is 0.0954.